The fourth-order valence-electron chi connectivity index (χ4n) is 2.16. The first-order valence-corrected chi connectivity index (χ1v) is 6.23. The number of aryl methyl sites for hydroxylation is 1. The average molecular weight is 317 g/mol. The van der Waals surface area contributed by atoms with Gasteiger partial charge in [-0.25, -0.2) is 4.79 Å². The summed E-state index contributed by atoms with van der Waals surface area (Å²) in [6.07, 6.45) is 1.01. The van der Waals surface area contributed by atoms with Crippen LogP contribution in [0.4, 0.5) is 0 Å². The number of β-amino-alcohol motifs (C(OH)–C–C–N with tert-alkyl or cyclic N) is 1. The first-order valence-electron chi connectivity index (χ1n) is 5.44. The molecular weight excluding hydrogens is 304 g/mol. The van der Waals surface area contributed by atoms with Crippen molar-refractivity contribution in [3.8, 4) is 0 Å². The van der Waals surface area contributed by atoms with Gasteiger partial charge in [0.25, 0.3) is 5.91 Å². The van der Waals surface area contributed by atoms with Gasteiger partial charge >= 0.3 is 5.97 Å². The van der Waals surface area contributed by atoms with Gasteiger partial charge in [0.2, 0.25) is 0 Å². The number of hydrogen-bond donors (Lipinski definition) is 2. The smallest absolute Gasteiger partial charge is 0.326 e. The van der Waals surface area contributed by atoms with Gasteiger partial charge in [-0.05, 0) is 22.0 Å². The molecule has 98 valence electrons. The molecule has 1 aliphatic heterocycles. The number of hydrogen-bond acceptors (Lipinski definition) is 3. The van der Waals surface area contributed by atoms with Gasteiger partial charge in [0.05, 0.1) is 6.10 Å². The Balaban J connectivity index is 2.28. The molecule has 1 aromatic rings. The van der Waals surface area contributed by atoms with Crippen molar-refractivity contribution < 1.29 is 19.8 Å². The van der Waals surface area contributed by atoms with Crippen LogP contribution in [0.1, 0.15) is 16.9 Å². The molecule has 1 aromatic heterocycles. The molecule has 0 aromatic carbocycles. The molecule has 18 heavy (non-hydrogen) atoms. The predicted octanol–water partition coefficient (Wildman–Crippen LogP) is 0.448. The summed E-state index contributed by atoms with van der Waals surface area (Å²) in [4.78, 5) is 24.5. The van der Waals surface area contributed by atoms with Gasteiger partial charge in [-0.2, -0.15) is 0 Å². The normalized spacial score (nSPS) is 23.4. The number of carbonyl (C=O) groups excluding carboxylic acids is 1. The third-order valence-electron chi connectivity index (χ3n) is 3.02. The second-order valence-corrected chi connectivity index (χ2v) is 5.27. The fraction of sp³-hybridized carbons (Fsp3) is 0.455. The van der Waals surface area contributed by atoms with E-state index in [1.165, 1.54) is 4.90 Å². The number of aliphatic hydroxyl groups excluding tert-OH is 1. The molecule has 0 bridgehead atoms. The molecule has 2 heterocycles. The molecule has 2 rings (SSSR count). The highest BCUT2D eigenvalue weighted by Crippen LogP contribution is 2.22. The summed E-state index contributed by atoms with van der Waals surface area (Å²) in [5, 5.41) is 18.6. The van der Waals surface area contributed by atoms with Crippen LogP contribution in [-0.2, 0) is 11.8 Å². The Labute approximate surface area is 112 Å². The minimum Gasteiger partial charge on any atom is -0.480 e. The molecule has 0 spiro atoms. The maximum atomic E-state index is 12.3. The summed E-state index contributed by atoms with van der Waals surface area (Å²) < 4.78 is 2.37. The number of rotatable bonds is 2. The lowest BCUT2D eigenvalue weighted by Gasteiger charge is -2.21. The number of carboxylic acids is 1. The number of aliphatic hydroxyl groups is 1. The van der Waals surface area contributed by atoms with Crippen molar-refractivity contribution in [2.45, 2.75) is 18.6 Å². The number of carboxylic acid groups (broad SMARTS) is 1. The molecule has 2 atom stereocenters. The summed E-state index contributed by atoms with van der Waals surface area (Å²) in [7, 11) is 1.71. The van der Waals surface area contributed by atoms with E-state index in [1.807, 2.05) is 0 Å². The van der Waals surface area contributed by atoms with Crippen molar-refractivity contribution >= 4 is 27.8 Å². The monoisotopic (exact) mass is 316 g/mol. The van der Waals surface area contributed by atoms with Crippen molar-refractivity contribution in [3.05, 3.63) is 22.4 Å². The fourth-order valence-corrected chi connectivity index (χ4v) is 2.68. The second kappa shape index (κ2) is 4.74. The molecule has 6 nitrogen and oxygen atoms in total. The molecule has 1 amide bonds. The number of aliphatic carboxylic acids is 1. The molecule has 7 heteroatoms. The topological polar surface area (TPSA) is 82.8 Å². The van der Waals surface area contributed by atoms with Gasteiger partial charge < -0.3 is 19.7 Å². The number of likely N-dealkylation sites (tertiary alicyclic amines) is 1. The molecule has 0 aliphatic carbocycles. The number of aromatic nitrogens is 1. The van der Waals surface area contributed by atoms with Crippen LogP contribution in [0.25, 0.3) is 0 Å². The standard InChI is InChI=1S/C11H13BrN2O4/c1-13-4-6(12)2-8(13)10(16)14-5-7(15)3-9(14)11(17)18/h2,4,7,9,15H,3,5H2,1H3,(H,17,18)/t7?,9-/m0/s1. The quantitative estimate of drug-likeness (QED) is 0.829. The van der Waals surface area contributed by atoms with Crippen LogP contribution in [0.5, 0.6) is 0 Å². The van der Waals surface area contributed by atoms with E-state index in [0.717, 1.165) is 4.47 Å². The van der Waals surface area contributed by atoms with Gasteiger partial charge in [-0.1, -0.05) is 0 Å². The van der Waals surface area contributed by atoms with E-state index >= 15 is 0 Å². The summed E-state index contributed by atoms with van der Waals surface area (Å²) in [6, 6.07) is 0.674. The van der Waals surface area contributed by atoms with Crippen molar-refractivity contribution in [2.24, 2.45) is 7.05 Å². The minimum atomic E-state index is -1.09. The van der Waals surface area contributed by atoms with Crippen LogP contribution in [-0.4, -0.2) is 50.2 Å². The van der Waals surface area contributed by atoms with Crippen molar-refractivity contribution in [3.63, 3.8) is 0 Å². The molecule has 1 saturated heterocycles. The van der Waals surface area contributed by atoms with E-state index in [1.54, 1.807) is 23.9 Å². The third kappa shape index (κ3) is 2.28. The zero-order valence-corrected chi connectivity index (χ0v) is 11.3. The average Bonchev–Trinajstić information content (AvgIpc) is 2.81. The lowest BCUT2D eigenvalue weighted by atomic mass is 10.2. The van der Waals surface area contributed by atoms with Crippen LogP contribution in [0.2, 0.25) is 0 Å². The number of amides is 1. The second-order valence-electron chi connectivity index (χ2n) is 4.36. The molecule has 0 saturated carbocycles. The third-order valence-corrected chi connectivity index (χ3v) is 3.45. The predicted molar refractivity (Wildman–Crippen MR) is 66.2 cm³/mol. The van der Waals surface area contributed by atoms with Gasteiger partial charge in [-0.15, -0.1) is 0 Å². The first-order chi connectivity index (χ1) is 8.40. The molecule has 2 N–H and O–H groups in total. The minimum absolute atomic E-state index is 0.0542. The number of nitrogens with zero attached hydrogens (tertiary/aromatic N) is 2. The molecule has 1 unspecified atom stereocenters. The molecule has 0 radical (unpaired) electrons. The lowest BCUT2D eigenvalue weighted by Crippen LogP contribution is -2.41. The van der Waals surface area contributed by atoms with E-state index in [-0.39, 0.29) is 18.9 Å². The van der Waals surface area contributed by atoms with Gasteiger partial charge in [0.1, 0.15) is 11.7 Å². The Hall–Kier alpha value is -1.34. The summed E-state index contributed by atoms with van der Waals surface area (Å²) in [5.74, 6) is -1.47. The maximum Gasteiger partial charge on any atom is 0.326 e. The summed E-state index contributed by atoms with van der Waals surface area (Å²) >= 11 is 3.26. The Kier molecular flexibility index (Phi) is 3.45. The highest BCUT2D eigenvalue weighted by molar-refractivity contribution is 9.10. The maximum absolute atomic E-state index is 12.3. The summed E-state index contributed by atoms with van der Waals surface area (Å²) in [5.41, 5.74) is 0.391. The molecule has 1 aliphatic rings. The van der Waals surface area contributed by atoms with Gasteiger partial charge in [0, 0.05) is 30.7 Å². The zero-order chi connectivity index (χ0) is 13.4. The summed E-state index contributed by atoms with van der Waals surface area (Å²) in [6.45, 7) is 0.0542. The molecule has 1 fully saturated rings. The van der Waals surface area contributed by atoms with Crippen LogP contribution in [0.3, 0.4) is 0 Å². The number of halogens is 1. The first kappa shape index (κ1) is 13.1. The van der Waals surface area contributed by atoms with Gasteiger partial charge in [-0.3, -0.25) is 4.79 Å². The highest BCUT2D eigenvalue weighted by Gasteiger charge is 2.39. The Morgan fingerprint density at radius 2 is 2.17 bits per heavy atom. The van der Waals surface area contributed by atoms with Crippen LogP contribution >= 0.6 is 15.9 Å². The van der Waals surface area contributed by atoms with Crippen molar-refractivity contribution in [2.75, 3.05) is 6.54 Å². The molecular formula is C11H13BrN2O4. The van der Waals surface area contributed by atoms with E-state index in [0.29, 0.717) is 5.69 Å². The van der Waals surface area contributed by atoms with Crippen LogP contribution < -0.4 is 0 Å². The Bertz CT molecular complexity index is 499. The van der Waals surface area contributed by atoms with E-state index in [2.05, 4.69) is 15.9 Å². The van der Waals surface area contributed by atoms with E-state index in [9.17, 15) is 14.7 Å². The number of carbonyl (C=O) groups is 2. The van der Waals surface area contributed by atoms with Crippen molar-refractivity contribution in [1.82, 2.24) is 9.47 Å². The highest BCUT2D eigenvalue weighted by atomic mass is 79.9. The zero-order valence-electron chi connectivity index (χ0n) is 9.71. The van der Waals surface area contributed by atoms with E-state index in [4.69, 9.17) is 5.11 Å². The Morgan fingerprint density at radius 3 is 2.67 bits per heavy atom. The lowest BCUT2D eigenvalue weighted by molar-refractivity contribution is -0.141. The SMILES string of the molecule is Cn1cc(Br)cc1C(=O)N1CC(O)C[C@H]1C(=O)O. The van der Waals surface area contributed by atoms with Crippen molar-refractivity contribution in [1.29, 1.82) is 0 Å². The Morgan fingerprint density at radius 1 is 1.50 bits per heavy atom. The van der Waals surface area contributed by atoms with E-state index < -0.39 is 18.1 Å². The van der Waals surface area contributed by atoms with Crippen LogP contribution in [0.15, 0.2) is 16.7 Å². The van der Waals surface area contributed by atoms with Crippen LogP contribution in [0, 0.1) is 0 Å². The van der Waals surface area contributed by atoms with Gasteiger partial charge in [0.15, 0.2) is 0 Å². The largest absolute Gasteiger partial charge is 0.480 e.